The first-order valence-electron chi connectivity index (χ1n) is 13.8. The molecule has 0 unspecified atom stereocenters. The standard InChI is InChI=1S/C30H37N3O6S2/c1-24(2)25-11-13-26(14-12-25)33(41(37,38)28-9-5-3-6-10-28)23-30(34)31-19-22-39-27-15-17-29(18-16-27)40(35,36)32-20-7-4-8-21-32/h3,5-6,9-18,24H,4,7-8,19-23H2,1-2H3,(H,31,34). The number of ether oxygens (including phenoxy) is 1. The summed E-state index contributed by atoms with van der Waals surface area (Å²) in [4.78, 5) is 13.2. The SMILES string of the molecule is CC(C)c1ccc(N(CC(=O)NCCOc2ccc(S(=O)(=O)N3CCCCC3)cc2)S(=O)(=O)c2ccccc2)cc1. The maximum atomic E-state index is 13.5. The highest BCUT2D eigenvalue weighted by Gasteiger charge is 2.28. The zero-order valence-electron chi connectivity index (χ0n) is 23.4. The van der Waals surface area contributed by atoms with Gasteiger partial charge in [0, 0.05) is 13.1 Å². The van der Waals surface area contributed by atoms with Crippen LogP contribution in [0.1, 0.15) is 44.6 Å². The van der Waals surface area contributed by atoms with Crippen LogP contribution in [0.4, 0.5) is 5.69 Å². The van der Waals surface area contributed by atoms with Crippen LogP contribution >= 0.6 is 0 Å². The van der Waals surface area contributed by atoms with Gasteiger partial charge in [-0.3, -0.25) is 9.10 Å². The molecular weight excluding hydrogens is 562 g/mol. The lowest BCUT2D eigenvalue weighted by Crippen LogP contribution is -2.41. The molecule has 0 atom stereocenters. The predicted octanol–water partition coefficient (Wildman–Crippen LogP) is 4.38. The van der Waals surface area contributed by atoms with Crippen molar-refractivity contribution in [3.8, 4) is 5.75 Å². The molecule has 0 aromatic heterocycles. The molecule has 0 saturated carbocycles. The lowest BCUT2D eigenvalue weighted by molar-refractivity contribution is -0.119. The lowest BCUT2D eigenvalue weighted by Gasteiger charge is -2.25. The summed E-state index contributed by atoms with van der Waals surface area (Å²) in [5.41, 5.74) is 1.45. The smallest absolute Gasteiger partial charge is 0.264 e. The first-order chi connectivity index (χ1) is 19.6. The summed E-state index contributed by atoms with van der Waals surface area (Å²) in [6.07, 6.45) is 2.78. The maximum absolute atomic E-state index is 13.5. The number of rotatable bonds is 12. The quantitative estimate of drug-likeness (QED) is 0.309. The van der Waals surface area contributed by atoms with Gasteiger partial charge in [0.2, 0.25) is 15.9 Å². The molecule has 0 spiro atoms. The number of nitrogens with one attached hydrogen (secondary N) is 1. The van der Waals surface area contributed by atoms with Crippen LogP contribution in [0.3, 0.4) is 0 Å². The molecule has 0 radical (unpaired) electrons. The van der Waals surface area contributed by atoms with E-state index in [1.165, 1.54) is 28.6 Å². The Kier molecular flexibility index (Phi) is 10.1. The average Bonchev–Trinajstić information content (AvgIpc) is 2.99. The third-order valence-corrected chi connectivity index (χ3v) is 10.6. The molecule has 3 aromatic carbocycles. The van der Waals surface area contributed by atoms with Crippen LogP contribution in [-0.4, -0.2) is 59.8 Å². The third-order valence-electron chi connectivity index (χ3n) is 6.94. The van der Waals surface area contributed by atoms with Gasteiger partial charge < -0.3 is 10.1 Å². The fourth-order valence-corrected chi connectivity index (χ4v) is 7.53. The molecule has 1 amide bonds. The van der Waals surface area contributed by atoms with E-state index in [1.807, 2.05) is 12.1 Å². The number of anilines is 1. The highest BCUT2D eigenvalue weighted by atomic mass is 32.2. The Labute approximate surface area is 243 Å². The van der Waals surface area contributed by atoms with Crippen molar-refractivity contribution in [3.63, 3.8) is 0 Å². The van der Waals surface area contributed by atoms with Crippen LogP contribution in [0.5, 0.6) is 5.75 Å². The van der Waals surface area contributed by atoms with E-state index in [4.69, 9.17) is 4.74 Å². The Morgan fingerprint density at radius 3 is 2.10 bits per heavy atom. The number of carbonyl (C=O) groups excluding carboxylic acids is 1. The molecule has 1 aliphatic heterocycles. The largest absolute Gasteiger partial charge is 0.492 e. The second kappa shape index (κ2) is 13.5. The molecule has 3 aromatic rings. The molecule has 9 nitrogen and oxygen atoms in total. The van der Waals surface area contributed by atoms with E-state index in [-0.39, 0.29) is 28.9 Å². The summed E-state index contributed by atoms with van der Waals surface area (Å²) >= 11 is 0. The number of benzene rings is 3. The van der Waals surface area contributed by atoms with Crippen molar-refractivity contribution < 1.29 is 26.4 Å². The van der Waals surface area contributed by atoms with Gasteiger partial charge in [0.25, 0.3) is 10.0 Å². The van der Waals surface area contributed by atoms with E-state index in [2.05, 4.69) is 19.2 Å². The monoisotopic (exact) mass is 599 g/mol. The summed E-state index contributed by atoms with van der Waals surface area (Å²) in [6, 6.07) is 21.4. The number of sulfonamides is 2. The molecule has 0 bridgehead atoms. The first-order valence-corrected chi connectivity index (χ1v) is 16.6. The molecule has 1 aliphatic rings. The van der Waals surface area contributed by atoms with E-state index in [0.29, 0.717) is 24.5 Å². The van der Waals surface area contributed by atoms with Crippen LogP contribution in [0.2, 0.25) is 0 Å². The van der Waals surface area contributed by atoms with Gasteiger partial charge in [-0.1, -0.05) is 50.6 Å². The topological polar surface area (TPSA) is 113 Å². The van der Waals surface area contributed by atoms with E-state index in [1.54, 1.807) is 42.5 Å². The molecule has 1 fully saturated rings. The third kappa shape index (κ3) is 7.66. The maximum Gasteiger partial charge on any atom is 0.264 e. The molecule has 1 heterocycles. The molecular formula is C30H37N3O6S2. The van der Waals surface area contributed by atoms with E-state index in [0.717, 1.165) is 29.1 Å². The molecule has 1 saturated heterocycles. The van der Waals surface area contributed by atoms with Crippen molar-refractivity contribution in [3.05, 3.63) is 84.4 Å². The number of nitrogens with zero attached hydrogens (tertiary/aromatic N) is 2. The van der Waals surface area contributed by atoms with Crippen LogP contribution in [-0.2, 0) is 24.8 Å². The Balaban J connectivity index is 1.36. The summed E-state index contributed by atoms with van der Waals surface area (Å²) in [5.74, 6) is 0.265. The summed E-state index contributed by atoms with van der Waals surface area (Å²) in [5, 5.41) is 2.71. The number of carbonyl (C=O) groups is 1. The number of piperidine rings is 1. The Morgan fingerprint density at radius 1 is 0.854 bits per heavy atom. The number of hydrogen-bond donors (Lipinski definition) is 1. The van der Waals surface area contributed by atoms with Crippen molar-refractivity contribution >= 4 is 31.6 Å². The zero-order valence-corrected chi connectivity index (χ0v) is 25.0. The van der Waals surface area contributed by atoms with Crippen molar-refractivity contribution in [1.82, 2.24) is 9.62 Å². The Bertz CT molecular complexity index is 1500. The van der Waals surface area contributed by atoms with Crippen molar-refractivity contribution in [2.24, 2.45) is 0 Å². The molecule has 4 rings (SSSR count). The van der Waals surface area contributed by atoms with Crippen molar-refractivity contribution in [2.45, 2.75) is 48.8 Å². The molecule has 1 N–H and O–H groups in total. The number of amides is 1. The minimum atomic E-state index is -3.99. The Morgan fingerprint density at radius 2 is 1.49 bits per heavy atom. The highest BCUT2D eigenvalue weighted by molar-refractivity contribution is 7.92. The normalized spacial score (nSPS) is 14.5. The second-order valence-electron chi connectivity index (χ2n) is 10.2. The van der Waals surface area contributed by atoms with Gasteiger partial charge >= 0.3 is 0 Å². The van der Waals surface area contributed by atoms with Crippen molar-refractivity contribution in [2.75, 3.05) is 37.1 Å². The van der Waals surface area contributed by atoms with Gasteiger partial charge in [-0.2, -0.15) is 4.31 Å². The molecule has 41 heavy (non-hydrogen) atoms. The average molecular weight is 600 g/mol. The van der Waals surface area contributed by atoms with E-state index < -0.39 is 32.5 Å². The molecule has 11 heteroatoms. The fourth-order valence-electron chi connectivity index (χ4n) is 4.57. The second-order valence-corrected chi connectivity index (χ2v) is 14.0. The minimum Gasteiger partial charge on any atom is -0.492 e. The lowest BCUT2D eigenvalue weighted by atomic mass is 10.0. The van der Waals surface area contributed by atoms with E-state index >= 15 is 0 Å². The first kappa shape index (κ1) is 30.5. The van der Waals surface area contributed by atoms with Gasteiger partial charge in [0.1, 0.15) is 18.9 Å². The van der Waals surface area contributed by atoms with Crippen LogP contribution in [0.15, 0.2) is 88.7 Å². The van der Waals surface area contributed by atoms with E-state index in [9.17, 15) is 21.6 Å². The summed E-state index contributed by atoms with van der Waals surface area (Å²) in [6.45, 7) is 5.03. The van der Waals surface area contributed by atoms with Crippen molar-refractivity contribution in [1.29, 1.82) is 0 Å². The van der Waals surface area contributed by atoms with Gasteiger partial charge in [0.15, 0.2) is 0 Å². The Hall–Kier alpha value is -3.41. The van der Waals surface area contributed by atoms with Crippen LogP contribution < -0.4 is 14.4 Å². The highest BCUT2D eigenvalue weighted by Crippen LogP contribution is 2.26. The molecule has 220 valence electrons. The van der Waals surface area contributed by atoms with Crippen LogP contribution in [0.25, 0.3) is 0 Å². The summed E-state index contributed by atoms with van der Waals surface area (Å²) < 4.78 is 60.9. The predicted molar refractivity (Wildman–Crippen MR) is 159 cm³/mol. The van der Waals surface area contributed by atoms with Gasteiger partial charge in [-0.25, -0.2) is 16.8 Å². The van der Waals surface area contributed by atoms with Gasteiger partial charge in [-0.05, 0) is 72.9 Å². The van der Waals surface area contributed by atoms with Gasteiger partial charge in [-0.15, -0.1) is 0 Å². The molecule has 0 aliphatic carbocycles. The summed E-state index contributed by atoms with van der Waals surface area (Å²) in [7, 11) is -7.51. The fraction of sp³-hybridized carbons (Fsp3) is 0.367. The van der Waals surface area contributed by atoms with Crippen LogP contribution in [0, 0.1) is 0 Å². The minimum absolute atomic E-state index is 0.0924. The zero-order chi connectivity index (χ0) is 29.5. The van der Waals surface area contributed by atoms with Gasteiger partial charge in [0.05, 0.1) is 22.0 Å². The number of hydrogen-bond acceptors (Lipinski definition) is 6.